The lowest BCUT2D eigenvalue weighted by Crippen LogP contribution is -2.42. The molecule has 0 aliphatic carbocycles. The Kier molecular flexibility index (Phi) is 2.68. The van der Waals surface area contributed by atoms with E-state index in [1.54, 1.807) is 6.08 Å². The lowest BCUT2D eigenvalue weighted by atomic mass is 9.83. The normalized spacial score (nSPS) is 34.1. The fourth-order valence-electron chi connectivity index (χ4n) is 2.29. The van der Waals surface area contributed by atoms with Gasteiger partial charge in [0.05, 0.1) is 0 Å². The van der Waals surface area contributed by atoms with Crippen LogP contribution >= 0.6 is 0 Å². The van der Waals surface area contributed by atoms with E-state index >= 15 is 0 Å². The van der Waals surface area contributed by atoms with Crippen LogP contribution in [0.25, 0.3) is 0 Å². The minimum Gasteiger partial charge on any atom is -0.478 e. The first-order chi connectivity index (χ1) is 6.75. The molecule has 0 radical (unpaired) electrons. The van der Waals surface area contributed by atoms with Crippen molar-refractivity contribution in [1.29, 1.82) is 0 Å². The van der Waals surface area contributed by atoms with E-state index in [-0.39, 0.29) is 0 Å². The van der Waals surface area contributed by atoms with Crippen LogP contribution in [0.4, 0.5) is 0 Å². The van der Waals surface area contributed by atoms with E-state index in [0.717, 1.165) is 6.54 Å². The highest BCUT2D eigenvalue weighted by Gasteiger charge is 2.28. The maximum atomic E-state index is 10.3. The monoisotopic (exact) mass is 193 g/mol. The summed E-state index contributed by atoms with van der Waals surface area (Å²) in [7, 11) is 0. The summed E-state index contributed by atoms with van der Waals surface area (Å²) in [5, 5.41) is 8.45. The number of carbonyl (C=O) groups is 1. The Bertz CT molecular complexity index is 286. The van der Waals surface area contributed by atoms with Crippen LogP contribution in [0.15, 0.2) is 23.8 Å². The number of allylic oxidation sites excluding steroid dienone is 2. The largest absolute Gasteiger partial charge is 0.478 e. The predicted molar refractivity (Wildman–Crippen MR) is 54.0 cm³/mol. The molecule has 0 aromatic heterocycles. The Morgan fingerprint density at radius 3 is 2.64 bits per heavy atom. The molecule has 3 aliphatic rings. The van der Waals surface area contributed by atoms with Crippen LogP contribution in [0.2, 0.25) is 0 Å². The van der Waals surface area contributed by atoms with Crippen molar-refractivity contribution >= 4 is 5.97 Å². The molecule has 3 rings (SSSR count). The molecule has 3 heterocycles. The molecule has 3 saturated heterocycles. The number of carboxylic acid groups (broad SMARTS) is 1. The van der Waals surface area contributed by atoms with Gasteiger partial charge in [0, 0.05) is 12.6 Å². The van der Waals surface area contributed by atoms with Crippen molar-refractivity contribution in [3.63, 3.8) is 0 Å². The van der Waals surface area contributed by atoms with Gasteiger partial charge in [-0.1, -0.05) is 17.7 Å². The molecule has 2 bridgehead atoms. The highest BCUT2D eigenvalue weighted by molar-refractivity contribution is 5.80. The molecule has 1 N–H and O–H groups in total. The van der Waals surface area contributed by atoms with Gasteiger partial charge in [-0.15, -0.1) is 0 Å². The van der Waals surface area contributed by atoms with E-state index in [4.69, 9.17) is 5.11 Å². The van der Waals surface area contributed by atoms with Crippen molar-refractivity contribution in [2.75, 3.05) is 19.6 Å². The number of hydrogen-bond donors (Lipinski definition) is 1. The summed E-state index contributed by atoms with van der Waals surface area (Å²) in [6, 6.07) is 0. The topological polar surface area (TPSA) is 40.5 Å². The third-order valence-corrected chi connectivity index (χ3v) is 3.07. The number of carboxylic acids is 1. The quantitative estimate of drug-likeness (QED) is 0.671. The number of rotatable bonds is 2. The zero-order valence-corrected chi connectivity index (χ0v) is 8.15. The van der Waals surface area contributed by atoms with E-state index in [2.05, 4.69) is 4.90 Å². The second-order valence-corrected chi connectivity index (χ2v) is 3.99. The fourth-order valence-corrected chi connectivity index (χ4v) is 2.29. The standard InChI is InChI=1S/C11H15NO2/c13-11(14)3-1-2-10-8-12-6-4-9(10)5-7-12/h1-3,9H,4-8H2,(H,13,14)/b3-1+,10-2-. The van der Waals surface area contributed by atoms with Crippen LogP contribution in [0.1, 0.15) is 12.8 Å². The van der Waals surface area contributed by atoms with Gasteiger partial charge >= 0.3 is 5.97 Å². The lowest BCUT2D eigenvalue weighted by Gasteiger charge is -2.40. The van der Waals surface area contributed by atoms with Gasteiger partial charge in [0.15, 0.2) is 0 Å². The molecule has 14 heavy (non-hydrogen) atoms. The lowest BCUT2D eigenvalue weighted by molar-refractivity contribution is -0.131. The molecule has 3 aliphatic heterocycles. The van der Waals surface area contributed by atoms with E-state index in [0.29, 0.717) is 5.92 Å². The zero-order chi connectivity index (χ0) is 9.97. The average Bonchev–Trinajstić information content (AvgIpc) is 2.19. The van der Waals surface area contributed by atoms with Crippen molar-refractivity contribution in [3.8, 4) is 0 Å². The Balaban J connectivity index is 2.01. The fraction of sp³-hybridized carbons (Fsp3) is 0.545. The zero-order valence-electron chi connectivity index (χ0n) is 8.15. The van der Waals surface area contributed by atoms with Crippen LogP contribution in [0, 0.1) is 5.92 Å². The Labute approximate surface area is 83.7 Å². The number of piperidine rings is 3. The summed E-state index contributed by atoms with van der Waals surface area (Å²) in [6.07, 6.45) is 7.31. The number of nitrogens with zero attached hydrogens (tertiary/aromatic N) is 1. The second-order valence-electron chi connectivity index (χ2n) is 3.99. The van der Waals surface area contributed by atoms with Crippen LogP contribution in [-0.2, 0) is 4.79 Å². The third kappa shape index (κ3) is 2.04. The van der Waals surface area contributed by atoms with E-state index < -0.39 is 5.97 Å². The van der Waals surface area contributed by atoms with Crippen molar-refractivity contribution < 1.29 is 9.90 Å². The maximum absolute atomic E-state index is 10.3. The summed E-state index contributed by atoms with van der Waals surface area (Å²) in [5.74, 6) is -0.165. The molecular formula is C11H15NO2. The smallest absolute Gasteiger partial charge is 0.328 e. The second kappa shape index (κ2) is 3.96. The van der Waals surface area contributed by atoms with Crippen molar-refractivity contribution in [2.24, 2.45) is 5.92 Å². The summed E-state index contributed by atoms with van der Waals surface area (Å²) >= 11 is 0. The van der Waals surface area contributed by atoms with Crippen LogP contribution in [0.5, 0.6) is 0 Å². The van der Waals surface area contributed by atoms with Gasteiger partial charge < -0.3 is 5.11 Å². The molecule has 76 valence electrons. The van der Waals surface area contributed by atoms with Crippen molar-refractivity contribution in [3.05, 3.63) is 23.8 Å². The molecule has 0 aromatic rings. The SMILES string of the molecule is O=C(O)/C=C/C=C1/CN2CCC1CC2. The van der Waals surface area contributed by atoms with Gasteiger partial charge in [-0.05, 0) is 31.8 Å². The highest BCUT2D eigenvalue weighted by Crippen LogP contribution is 2.31. The minimum atomic E-state index is -0.872. The predicted octanol–water partition coefficient (Wildman–Crippen LogP) is 1.28. The van der Waals surface area contributed by atoms with Gasteiger partial charge in [0.1, 0.15) is 0 Å². The molecule has 0 saturated carbocycles. The summed E-state index contributed by atoms with van der Waals surface area (Å²) in [5.41, 5.74) is 1.40. The molecule has 3 heteroatoms. The maximum Gasteiger partial charge on any atom is 0.328 e. The summed E-state index contributed by atoms with van der Waals surface area (Å²) in [6.45, 7) is 3.46. The molecular weight excluding hydrogens is 178 g/mol. The first kappa shape index (κ1) is 9.46. The Morgan fingerprint density at radius 2 is 2.14 bits per heavy atom. The van der Waals surface area contributed by atoms with Gasteiger partial charge in [-0.2, -0.15) is 0 Å². The van der Waals surface area contributed by atoms with Crippen LogP contribution in [-0.4, -0.2) is 35.6 Å². The molecule has 0 amide bonds. The third-order valence-electron chi connectivity index (χ3n) is 3.07. The summed E-state index contributed by atoms with van der Waals surface area (Å²) < 4.78 is 0. The first-order valence-electron chi connectivity index (χ1n) is 5.08. The van der Waals surface area contributed by atoms with E-state index in [9.17, 15) is 4.79 Å². The Morgan fingerprint density at radius 1 is 1.43 bits per heavy atom. The highest BCUT2D eigenvalue weighted by atomic mass is 16.4. The minimum absolute atomic E-state index is 0.707. The van der Waals surface area contributed by atoms with Gasteiger partial charge in [0.25, 0.3) is 0 Å². The van der Waals surface area contributed by atoms with Gasteiger partial charge in [-0.3, -0.25) is 4.90 Å². The molecule has 0 aromatic carbocycles. The van der Waals surface area contributed by atoms with Crippen molar-refractivity contribution in [1.82, 2.24) is 4.90 Å². The average molecular weight is 193 g/mol. The summed E-state index contributed by atoms with van der Waals surface area (Å²) in [4.78, 5) is 12.7. The van der Waals surface area contributed by atoms with Crippen molar-refractivity contribution in [2.45, 2.75) is 12.8 Å². The van der Waals surface area contributed by atoms with E-state index in [1.165, 1.54) is 37.6 Å². The number of fused-ring (bicyclic) bond motifs is 3. The first-order valence-corrected chi connectivity index (χ1v) is 5.08. The van der Waals surface area contributed by atoms with Gasteiger partial charge in [-0.25, -0.2) is 4.79 Å². The van der Waals surface area contributed by atoms with E-state index in [1.807, 2.05) is 6.08 Å². The molecule has 0 spiro atoms. The van der Waals surface area contributed by atoms with Crippen LogP contribution < -0.4 is 0 Å². The number of aliphatic carboxylic acids is 1. The molecule has 0 unspecified atom stereocenters. The van der Waals surface area contributed by atoms with Crippen LogP contribution in [0.3, 0.4) is 0 Å². The molecule has 3 fully saturated rings. The molecule has 3 nitrogen and oxygen atoms in total. The van der Waals surface area contributed by atoms with Gasteiger partial charge in [0.2, 0.25) is 0 Å². The number of hydrogen-bond acceptors (Lipinski definition) is 2. The molecule has 0 atom stereocenters. The Hall–Kier alpha value is -1.09.